The number of nitrogens with zero attached hydrogens (tertiary/aromatic N) is 1. The van der Waals surface area contributed by atoms with Gasteiger partial charge in [-0.1, -0.05) is 13.8 Å². The van der Waals surface area contributed by atoms with E-state index in [1.807, 2.05) is 0 Å². The minimum Gasteiger partial charge on any atom is -0.211 e. The highest BCUT2D eigenvalue weighted by atomic mass is 16.1. The Kier molecular flexibility index (Phi) is 1.42. The first-order valence-electron chi connectivity index (χ1n) is 3.30. The van der Waals surface area contributed by atoms with Crippen molar-refractivity contribution < 1.29 is 4.79 Å². The fourth-order valence-electron chi connectivity index (χ4n) is 1.04. The first-order valence-corrected chi connectivity index (χ1v) is 3.30. The molecule has 0 amide bonds. The number of hydrogen-bond acceptors (Lipinski definition) is 2. The van der Waals surface area contributed by atoms with Gasteiger partial charge in [0.25, 0.3) is 0 Å². The van der Waals surface area contributed by atoms with Crippen molar-refractivity contribution in [3.8, 4) is 0 Å². The van der Waals surface area contributed by atoms with E-state index < -0.39 is 0 Å². The predicted octanol–water partition coefficient (Wildman–Crippen LogP) is 1.51. The molecule has 1 aliphatic carbocycles. The van der Waals surface area contributed by atoms with Crippen molar-refractivity contribution in [1.82, 2.24) is 0 Å². The Morgan fingerprint density at radius 3 is 2.22 bits per heavy atom. The summed E-state index contributed by atoms with van der Waals surface area (Å²) in [5.74, 6) is 0.499. The van der Waals surface area contributed by atoms with Crippen LogP contribution in [0, 0.1) is 5.92 Å². The van der Waals surface area contributed by atoms with Gasteiger partial charge in [0.1, 0.15) is 0 Å². The molecule has 2 heteroatoms. The molecular weight excluding hydrogens is 114 g/mol. The van der Waals surface area contributed by atoms with Crippen LogP contribution in [0.4, 0.5) is 0 Å². The van der Waals surface area contributed by atoms with E-state index in [1.54, 1.807) is 6.08 Å². The molecule has 0 atom stereocenters. The van der Waals surface area contributed by atoms with Crippen LogP contribution in [-0.2, 0) is 4.79 Å². The zero-order chi connectivity index (χ0) is 6.91. The molecule has 1 aliphatic rings. The van der Waals surface area contributed by atoms with Gasteiger partial charge >= 0.3 is 0 Å². The topological polar surface area (TPSA) is 29.4 Å². The van der Waals surface area contributed by atoms with Gasteiger partial charge in [0.15, 0.2) is 0 Å². The summed E-state index contributed by atoms with van der Waals surface area (Å²) in [4.78, 5) is 13.6. The van der Waals surface area contributed by atoms with Crippen molar-refractivity contribution >= 4 is 6.08 Å². The summed E-state index contributed by atoms with van der Waals surface area (Å²) in [6.07, 6.45) is 3.77. The van der Waals surface area contributed by atoms with Crippen LogP contribution in [0.25, 0.3) is 0 Å². The van der Waals surface area contributed by atoms with Gasteiger partial charge < -0.3 is 0 Å². The lowest BCUT2D eigenvalue weighted by molar-refractivity contribution is 0.472. The highest BCUT2D eigenvalue weighted by Crippen LogP contribution is 2.45. The van der Waals surface area contributed by atoms with Crippen molar-refractivity contribution in [1.29, 1.82) is 0 Å². The van der Waals surface area contributed by atoms with Gasteiger partial charge in [-0.25, -0.2) is 4.79 Å². The molecule has 0 radical (unpaired) electrons. The van der Waals surface area contributed by atoms with E-state index in [0.29, 0.717) is 5.92 Å². The van der Waals surface area contributed by atoms with Gasteiger partial charge in [-0.05, 0) is 18.8 Å². The lowest BCUT2D eigenvalue weighted by Gasteiger charge is -2.09. The summed E-state index contributed by atoms with van der Waals surface area (Å²) in [6, 6.07) is 0. The SMILES string of the molecule is CC(C)C1(N=C=O)CC1. The molecule has 1 rings (SSSR count). The second kappa shape index (κ2) is 1.96. The Labute approximate surface area is 55.0 Å². The fraction of sp³-hybridized carbons (Fsp3) is 0.857. The molecule has 0 bridgehead atoms. The van der Waals surface area contributed by atoms with Gasteiger partial charge in [0.05, 0.1) is 5.54 Å². The van der Waals surface area contributed by atoms with Gasteiger partial charge in [-0.2, -0.15) is 4.99 Å². The number of isocyanates is 1. The number of hydrogen-bond donors (Lipinski definition) is 0. The maximum absolute atomic E-state index is 9.87. The second-order valence-corrected chi connectivity index (χ2v) is 2.96. The molecular formula is C7H11NO. The van der Waals surface area contributed by atoms with E-state index in [9.17, 15) is 4.79 Å². The summed E-state index contributed by atoms with van der Waals surface area (Å²) < 4.78 is 0. The molecule has 0 spiro atoms. The largest absolute Gasteiger partial charge is 0.235 e. The molecule has 0 saturated heterocycles. The molecule has 0 unspecified atom stereocenters. The third kappa shape index (κ3) is 1.03. The van der Waals surface area contributed by atoms with Crippen LogP contribution < -0.4 is 0 Å². The van der Waals surface area contributed by atoms with E-state index in [0.717, 1.165) is 12.8 Å². The Balaban J connectivity index is 2.63. The molecule has 50 valence electrons. The molecule has 0 aliphatic heterocycles. The zero-order valence-electron chi connectivity index (χ0n) is 5.85. The van der Waals surface area contributed by atoms with Gasteiger partial charge in [0.2, 0.25) is 6.08 Å². The Bertz CT molecular complexity index is 152. The average Bonchev–Trinajstić information content (AvgIpc) is 2.49. The number of aliphatic imine (C=N–C) groups is 1. The molecule has 9 heavy (non-hydrogen) atoms. The van der Waals surface area contributed by atoms with E-state index >= 15 is 0 Å². The molecule has 0 N–H and O–H groups in total. The highest BCUT2D eigenvalue weighted by Gasteiger charge is 2.45. The molecule has 0 heterocycles. The summed E-state index contributed by atoms with van der Waals surface area (Å²) in [7, 11) is 0. The maximum atomic E-state index is 9.87. The molecule has 2 nitrogen and oxygen atoms in total. The minimum absolute atomic E-state index is 0.00174. The van der Waals surface area contributed by atoms with Gasteiger partial charge in [0, 0.05) is 0 Å². The van der Waals surface area contributed by atoms with Crippen LogP contribution in [0.2, 0.25) is 0 Å². The van der Waals surface area contributed by atoms with Crippen LogP contribution in [-0.4, -0.2) is 11.6 Å². The van der Waals surface area contributed by atoms with Crippen LogP contribution in [0.1, 0.15) is 26.7 Å². The Hall–Kier alpha value is -0.620. The van der Waals surface area contributed by atoms with Crippen molar-refractivity contribution in [3.63, 3.8) is 0 Å². The quantitative estimate of drug-likeness (QED) is 0.406. The normalized spacial score (nSPS) is 21.2. The molecule has 0 aromatic carbocycles. The highest BCUT2D eigenvalue weighted by molar-refractivity contribution is 5.36. The second-order valence-electron chi connectivity index (χ2n) is 2.96. The Morgan fingerprint density at radius 1 is 1.56 bits per heavy atom. The van der Waals surface area contributed by atoms with Crippen molar-refractivity contribution in [3.05, 3.63) is 0 Å². The smallest absolute Gasteiger partial charge is 0.211 e. The third-order valence-electron chi connectivity index (χ3n) is 2.11. The van der Waals surface area contributed by atoms with Gasteiger partial charge in [-0.15, -0.1) is 0 Å². The van der Waals surface area contributed by atoms with Crippen LogP contribution in [0.15, 0.2) is 4.99 Å². The first-order chi connectivity index (χ1) is 4.21. The number of carbonyl (C=O) groups excluding carboxylic acids is 1. The zero-order valence-corrected chi connectivity index (χ0v) is 5.85. The lowest BCUT2D eigenvalue weighted by Crippen LogP contribution is -2.12. The average molecular weight is 125 g/mol. The predicted molar refractivity (Wildman–Crippen MR) is 34.9 cm³/mol. The van der Waals surface area contributed by atoms with Crippen LogP contribution in [0.5, 0.6) is 0 Å². The van der Waals surface area contributed by atoms with Crippen LogP contribution in [0.3, 0.4) is 0 Å². The fourth-order valence-corrected chi connectivity index (χ4v) is 1.04. The summed E-state index contributed by atoms with van der Waals surface area (Å²) in [6.45, 7) is 4.18. The van der Waals surface area contributed by atoms with E-state index in [1.165, 1.54) is 0 Å². The van der Waals surface area contributed by atoms with Crippen molar-refractivity contribution in [2.24, 2.45) is 10.9 Å². The van der Waals surface area contributed by atoms with E-state index in [2.05, 4.69) is 18.8 Å². The van der Waals surface area contributed by atoms with Crippen molar-refractivity contribution in [2.75, 3.05) is 0 Å². The van der Waals surface area contributed by atoms with E-state index in [4.69, 9.17) is 0 Å². The molecule has 1 fully saturated rings. The summed E-state index contributed by atoms with van der Waals surface area (Å²) >= 11 is 0. The lowest BCUT2D eigenvalue weighted by atomic mass is 10.0. The summed E-state index contributed by atoms with van der Waals surface area (Å²) in [5, 5.41) is 0. The summed E-state index contributed by atoms with van der Waals surface area (Å²) in [5.41, 5.74) is 0.00174. The molecule has 0 aromatic rings. The third-order valence-corrected chi connectivity index (χ3v) is 2.11. The van der Waals surface area contributed by atoms with Crippen LogP contribution >= 0.6 is 0 Å². The Morgan fingerprint density at radius 2 is 2.11 bits per heavy atom. The monoisotopic (exact) mass is 125 g/mol. The first kappa shape index (κ1) is 6.50. The molecule has 0 aromatic heterocycles. The standard InChI is InChI=1S/C7H11NO/c1-6(2)7(3-4-7)8-5-9/h6H,3-4H2,1-2H3. The van der Waals surface area contributed by atoms with Crippen molar-refractivity contribution in [2.45, 2.75) is 32.2 Å². The van der Waals surface area contributed by atoms with Gasteiger partial charge in [-0.3, -0.25) is 0 Å². The maximum Gasteiger partial charge on any atom is 0.235 e. The van der Waals surface area contributed by atoms with E-state index in [-0.39, 0.29) is 5.54 Å². The molecule has 1 saturated carbocycles. The minimum atomic E-state index is 0.00174. The number of rotatable bonds is 2.